The van der Waals surface area contributed by atoms with Crippen LogP contribution in [0.5, 0.6) is 0 Å². The Bertz CT molecular complexity index is 364. The van der Waals surface area contributed by atoms with Crippen molar-refractivity contribution in [1.29, 1.82) is 0 Å². The molecule has 0 fully saturated rings. The van der Waals surface area contributed by atoms with Gasteiger partial charge in [0.15, 0.2) is 0 Å². The first-order valence-corrected chi connectivity index (χ1v) is 7.81. The summed E-state index contributed by atoms with van der Waals surface area (Å²) in [4.78, 5) is 0. The van der Waals surface area contributed by atoms with Crippen molar-refractivity contribution < 1.29 is 4.74 Å². The van der Waals surface area contributed by atoms with Crippen LogP contribution in [0, 0.1) is 5.92 Å². The molecule has 1 unspecified atom stereocenters. The van der Waals surface area contributed by atoms with Gasteiger partial charge in [-0.25, -0.2) is 0 Å². The molecule has 0 aliphatic heterocycles. The Hall–Kier alpha value is -0.860. The van der Waals surface area contributed by atoms with E-state index in [0.717, 1.165) is 19.8 Å². The molecule has 0 saturated carbocycles. The number of nitrogens with one attached hydrogen (secondary N) is 1. The summed E-state index contributed by atoms with van der Waals surface area (Å²) in [5.74, 6) is 0.662. The lowest BCUT2D eigenvalue weighted by Crippen LogP contribution is -2.35. The molecule has 0 aromatic heterocycles. The van der Waals surface area contributed by atoms with Gasteiger partial charge in [0.25, 0.3) is 0 Å². The zero-order chi connectivity index (χ0) is 15.0. The summed E-state index contributed by atoms with van der Waals surface area (Å²) in [5.41, 5.74) is 2.74. The summed E-state index contributed by atoms with van der Waals surface area (Å²) >= 11 is 0. The molecule has 0 radical (unpaired) electrons. The summed E-state index contributed by atoms with van der Waals surface area (Å²) in [6, 6.07) is 8.72. The minimum Gasteiger partial charge on any atom is -0.376 e. The van der Waals surface area contributed by atoms with E-state index in [-0.39, 0.29) is 5.54 Å². The SMILES string of the molecule is CCCC(C)COCc1ccc(CNC(C)(C)C)cc1. The van der Waals surface area contributed by atoms with Gasteiger partial charge in [-0.15, -0.1) is 0 Å². The van der Waals surface area contributed by atoms with Crippen molar-refractivity contribution in [1.82, 2.24) is 5.32 Å². The first kappa shape index (κ1) is 17.2. The number of hydrogen-bond donors (Lipinski definition) is 1. The highest BCUT2D eigenvalue weighted by Crippen LogP contribution is 2.10. The van der Waals surface area contributed by atoms with Crippen molar-refractivity contribution in [2.24, 2.45) is 5.92 Å². The van der Waals surface area contributed by atoms with Crippen molar-refractivity contribution in [3.63, 3.8) is 0 Å². The molecule has 1 aromatic carbocycles. The first-order chi connectivity index (χ1) is 9.40. The summed E-state index contributed by atoms with van der Waals surface area (Å²) in [6.45, 7) is 13.5. The highest BCUT2D eigenvalue weighted by atomic mass is 16.5. The summed E-state index contributed by atoms with van der Waals surface area (Å²) in [7, 11) is 0. The molecule has 0 amide bonds. The van der Waals surface area contributed by atoms with Crippen LogP contribution in [0.25, 0.3) is 0 Å². The number of ether oxygens (including phenoxy) is 1. The standard InChI is InChI=1S/C18H31NO/c1-6-7-15(2)13-20-14-17-10-8-16(9-11-17)12-19-18(3,4)5/h8-11,15,19H,6-7,12-14H2,1-5H3. The molecular weight excluding hydrogens is 246 g/mol. The lowest BCUT2D eigenvalue weighted by atomic mass is 10.1. The second kappa shape index (κ2) is 8.43. The molecule has 0 spiro atoms. The van der Waals surface area contributed by atoms with Crippen molar-refractivity contribution in [3.8, 4) is 0 Å². The van der Waals surface area contributed by atoms with E-state index in [1.54, 1.807) is 0 Å². The maximum atomic E-state index is 5.77. The van der Waals surface area contributed by atoms with Gasteiger partial charge in [-0.05, 0) is 44.2 Å². The molecule has 0 aliphatic rings. The molecule has 0 heterocycles. The third kappa shape index (κ3) is 7.66. The second-order valence-electron chi connectivity index (χ2n) is 6.83. The van der Waals surface area contributed by atoms with E-state index in [1.165, 1.54) is 24.0 Å². The minimum atomic E-state index is 0.164. The third-order valence-electron chi connectivity index (χ3n) is 3.30. The van der Waals surface area contributed by atoms with E-state index in [9.17, 15) is 0 Å². The first-order valence-electron chi connectivity index (χ1n) is 7.81. The Kier molecular flexibility index (Phi) is 7.25. The number of benzene rings is 1. The van der Waals surface area contributed by atoms with Crippen LogP contribution >= 0.6 is 0 Å². The van der Waals surface area contributed by atoms with Crippen molar-refractivity contribution in [2.45, 2.75) is 66.2 Å². The van der Waals surface area contributed by atoms with Crippen LogP contribution in [0.4, 0.5) is 0 Å². The van der Waals surface area contributed by atoms with Crippen molar-refractivity contribution in [2.75, 3.05) is 6.61 Å². The Labute approximate surface area is 124 Å². The van der Waals surface area contributed by atoms with E-state index in [0.29, 0.717) is 5.92 Å². The van der Waals surface area contributed by atoms with Crippen LogP contribution in [0.15, 0.2) is 24.3 Å². The van der Waals surface area contributed by atoms with Gasteiger partial charge in [0.05, 0.1) is 6.61 Å². The monoisotopic (exact) mass is 277 g/mol. The van der Waals surface area contributed by atoms with Gasteiger partial charge in [0, 0.05) is 18.7 Å². The molecule has 1 N–H and O–H groups in total. The molecule has 1 atom stereocenters. The largest absolute Gasteiger partial charge is 0.376 e. The zero-order valence-electron chi connectivity index (χ0n) is 13.8. The highest BCUT2D eigenvalue weighted by Gasteiger charge is 2.08. The van der Waals surface area contributed by atoms with Crippen LogP contribution < -0.4 is 5.32 Å². The smallest absolute Gasteiger partial charge is 0.0717 e. The van der Waals surface area contributed by atoms with Gasteiger partial charge in [0.2, 0.25) is 0 Å². The van der Waals surface area contributed by atoms with Crippen molar-refractivity contribution in [3.05, 3.63) is 35.4 Å². The quantitative estimate of drug-likeness (QED) is 0.754. The molecular formula is C18H31NO. The second-order valence-corrected chi connectivity index (χ2v) is 6.83. The Balaban J connectivity index is 2.31. The van der Waals surface area contributed by atoms with Crippen LogP contribution in [-0.2, 0) is 17.9 Å². The Morgan fingerprint density at radius 1 is 1.10 bits per heavy atom. The van der Waals surface area contributed by atoms with E-state index >= 15 is 0 Å². The van der Waals surface area contributed by atoms with Crippen molar-refractivity contribution >= 4 is 0 Å². The van der Waals surface area contributed by atoms with Gasteiger partial charge in [-0.1, -0.05) is 44.5 Å². The van der Waals surface area contributed by atoms with E-state index in [4.69, 9.17) is 4.74 Å². The van der Waals surface area contributed by atoms with E-state index in [1.807, 2.05) is 0 Å². The van der Waals surface area contributed by atoms with E-state index in [2.05, 4.69) is 64.2 Å². The maximum absolute atomic E-state index is 5.77. The fourth-order valence-corrected chi connectivity index (χ4v) is 2.07. The Morgan fingerprint density at radius 2 is 1.70 bits per heavy atom. The topological polar surface area (TPSA) is 21.3 Å². The van der Waals surface area contributed by atoms with Crippen LogP contribution in [0.3, 0.4) is 0 Å². The molecule has 114 valence electrons. The third-order valence-corrected chi connectivity index (χ3v) is 3.30. The summed E-state index contributed by atoms with van der Waals surface area (Å²) < 4.78 is 5.77. The van der Waals surface area contributed by atoms with Crippen LogP contribution in [-0.4, -0.2) is 12.1 Å². The molecule has 20 heavy (non-hydrogen) atoms. The summed E-state index contributed by atoms with van der Waals surface area (Å²) in [5, 5.41) is 3.50. The molecule has 0 saturated heterocycles. The molecule has 2 heteroatoms. The van der Waals surface area contributed by atoms with Gasteiger partial charge in [0.1, 0.15) is 0 Å². The molecule has 1 rings (SSSR count). The van der Waals surface area contributed by atoms with Crippen LogP contribution in [0.2, 0.25) is 0 Å². The van der Waals surface area contributed by atoms with E-state index < -0.39 is 0 Å². The normalized spacial score (nSPS) is 13.4. The molecule has 1 aromatic rings. The fourth-order valence-electron chi connectivity index (χ4n) is 2.07. The van der Waals surface area contributed by atoms with Gasteiger partial charge < -0.3 is 10.1 Å². The maximum Gasteiger partial charge on any atom is 0.0717 e. The molecule has 2 nitrogen and oxygen atoms in total. The van der Waals surface area contributed by atoms with Crippen LogP contribution in [0.1, 0.15) is 58.6 Å². The summed E-state index contributed by atoms with van der Waals surface area (Å²) in [6.07, 6.45) is 2.48. The predicted octanol–water partition coefficient (Wildman–Crippen LogP) is 4.53. The average molecular weight is 277 g/mol. The Morgan fingerprint density at radius 3 is 2.25 bits per heavy atom. The highest BCUT2D eigenvalue weighted by molar-refractivity contribution is 5.22. The number of hydrogen-bond acceptors (Lipinski definition) is 2. The minimum absolute atomic E-state index is 0.164. The molecule has 0 aliphatic carbocycles. The van der Waals surface area contributed by atoms with Gasteiger partial charge in [-0.3, -0.25) is 0 Å². The number of rotatable bonds is 8. The van der Waals surface area contributed by atoms with Gasteiger partial charge >= 0.3 is 0 Å². The van der Waals surface area contributed by atoms with Gasteiger partial charge in [-0.2, -0.15) is 0 Å². The molecule has 0 bridgehead atoms. The lowest BCUT2D eigenvalue weighted by molar-refractivity contribution is 0.0893. The zero-order valence-corrected chi connectivity index (χ0v) is 13.8. The predicted molar refractivity (Wildman–Crippen MR) is 86.8 cm³/mol. The lowest BCUT2D eigenvalue weighted by Gasteiger charge is -2.20. The fraction of sp³-hybridized carbons (Fsp3) is 0.667. The average Bonchev–Trinajstić information content (AvgIpc) is 2.37.